The second kappa shape index (κ2) is 4.96. The average Bonchev–Trinajstić information content (AvgIpc) is 2.11. The molecule has 1 fully saturated rings. The summed E-state index contributed by atoms with van der Waals surface area (Å²) in [6.07, 6.45) is -0.502. The van der Waals surface area contributed by atoms with Gasteiger partial charge in [-0.2, -0.15) is 0 Å². The third-order valence-electron chi connectivity index (χ3n) is 2.68. The van der Waals surface area contributed by atoms with Crippen LogP contribution in [0.25, 0.3) is 0 Å². The van der Waals surface area contributed by atoms with Crippen LogP contribution < -0.4 is 0 Å². The number of nitrogens with zero attached hydrogens (tertiary/aromatic N) is 1. The van der Waals surface area contributed by atoms with E-state index in [-0.39, 0.29) is 11.5 Å². The molecule has 0 N–H and O–H groups in total. The van der Waals surface area contributed by atoms with Gasteiger partial charge in [-0.25, -0.2) is 9.59 Å². The Bertz CT molecular complexity index is 348. The molecule has 1 rings (SSSR count). The zero-order valence-electron chi connectivity index (χ0n) is 11.4. The van der Waals surface area contributed by atoms with Crippen molar-refractivity contribution in [1.82, 2.24) is 4.90 Å². The Balaban J connectivity index is 2.73. The number of amides is 1. The second-order valence-corrected chi connectivity index (χ2v) is 6.29. The number of esters is 1. The lowest BCUT2D eigenvalue weighted by Crippen LogP contribution is -2.67. The summed E-state index contributed by atoms with van der Waals surface area (Å²) < 4.78 is 10.0. The van der Waals surface area contributed by atoms with Gasteiger partial charge >= 0.3 is 12.1 Å². The van der Waals surface area contributed by atoms with Gasteiger partial charge in [0.25, 0.3) is 0 Å². The van der Waals surface area contributed by atoms with Crippen LogP contribution in [0.5, 0.6) is 0 Å². The Kier molecular flexibility index (Phi) is 4.15. The van der Waals surface area contributed by atoms with Crippen LogP contribution in [0.2, 0.25) is 0 Å². The summed E-state index contributed by atoms with van der Waals surface area (Å²) in [4.78, 5) is 25.1. The van der Waals surface area contributed by atoms with E-state index < -0.39 is 23.7 Å². The van der Waals surface area contributed by atoms with E-state index >= 15 is 0 Å². The number of halogens is 1. The highest BCUT2D eigenvalue weighted by Crippen LogP contribution is 2.38. The van der Waals surface area contributed by atoms with Crippen molar-refractivity contribution in [1.29, 1.82) is 0 Å². The van der Waals surface area contributed by atoms with E-state index in [2.05, 4.69) is 0 Å². The first-order chi connectivity index (χ1) is 8.08. The molecular formula is C12H20ClNO4. The second-order valence-electron chi connectivity index (χ2n) is 6.07. The van der Waals surface area contributed by atoms with Gasteiger partial charge in [0, 0.05) is 12.0 Å². The van der Waals surface area contributed by atoms with Crippen molar-refractivity contribution in [3.05, 3.63) is 0 Å². The molecule has 1 aliphatic rings. The monoisotopic (exact) mass is 277 g/mol. The molecule has 1 amide bonds. The molecule has 0 radical (unpaired) electrons. The highest BCUT2D eigenvalue weighted by atomic mass is 35.5. The predicted molar refractivity (Wildman–Crippen MR) is 67.3 cm³/mol. The normalized spacial score (nSPS) is 22.1. The Labute approximate surface area is 112 Å². The third kappa shape index (κ3) is 3.28. The van der Waals surface area contributed by atoms with E-state index in [1.165, 1.54) is 4.90 Å². The highest BCUT2D eigenvalue weighted by Gasteiger charge is 2.54. The molecule has 18 heavy (non-hydrogen) atoms. The van der Waals surface area contributed by atoms with E-state index in [0.717, 1.165) is 0 Å². The molecule has 1 unspecified atom stereocenters. The van der Waals surface area contributed by atoms with E-state index in [4.69, 9.17) is 21.1 Å². The fourth-order valence-electron chi connectivity index (χ4n) is 2.00. The van der Waals surface area contributed by atoms with Crippen molar-refractivity contribution in [3.8, 4) is 0 Å². The van der Waals surface area contributed by atoms with Crippen LogP contribution in [0, 0.1) is 5.41 Å². The van der Waals surface area contributed by atoms with Crippen LogP contribution in [0.1, 0.15) is 34.6 Å². The van der Waals surface area contributed by atoms with Gasteiger partial charge in [0.05, 0.1) is 0 Å². The molecule has 6 heteroatoms. The Hall–Kier alpha value is -0.970. The van der Waals surface area contributed by atoms with Crippen LogP contribution >= 0.6 is 11.6 Å². The zero-order valence-corrected chi connectivity index (χ0v) is 12.2. The van der Waals surface area contributed by atoms with Gasteiger partial charge in [-0.05, 0) is 20.8 Å². The van der Waals surface area contributed by atoms with Crippen molar-refractivity contribution in [3.63, 3.8) is 0 Å². The molecule has 0 aromatic rings. The van der Waals surface area contributed by atoms with Gasteiger partial charge in [0.2, 0.25) is 0 Å². The van der Waals surface area contributed by atoms with Crippen LogP contribution in [0.15, 0.2) is 0 Å². The van der Waals surface area contributed by atoms with Crippen molar-refractivity contribution < 1.29 is 19.1 Å². The number of carbonyl (C=O) groups excluding carboxylic acids is 2. The molecule has 1 atom stereocenters. The number of ether oxygens (including phenoxy) is 2. The molecule has 104 valence electrons. The maximum atomic E-state index is 11.9. The quantitative estimate of drug-likeness (QED) is 0.574. The molecule has 5 nitrogen and oxygen atoms in total. The summed E-state index contributed by atoms with van der Waals surface area (Å²) in [6.45, 7) is 9.60. The number of hydrogen-bond donors (Lipinski definition) is 0. The SMILES string of the molecule is CC(C)(C)OC(=O)N1CC(C)(C)C1C(=O)OCCl. The standard InChI is InChI=1S/C12H20ClNO4/c1-11(2,3)18-10(16)14-6-12(4,5)8(14)9(15)17-7-13/h8H,6-7H2,1-5H3. The predicted octanol–water partition coefficient (Wildman–Crippen LogP) is 2.37. The lowest BCUT2D eigenvalue weighted by atomic mass is 9.75. The maximum Gasteiger partial charge on any atom is 0.411 e. The number of carbonyl (C=O) groups is 2. The summed E-state index contributed by atoms with van der Waals surface area (Å²) in [5.74, 6) is -0.493. The maximum absolute atomic E-state index is 11.9. The summed E-state index contributed by atoms with van der Waals surface area (Å²) in [6, 6.07) is -0.848. The fourth-order valence-corrected chi connectivity index (χ4v) is 2.10. The summed E-state index contributed by atoms with van der Waals surface area (Å²) >= 11 is 5.37. The molecule has 0 aromatic heterocycles. The minimum Gasteiger partial charge on any atom is -0.448 e. The topological polar surface area (TPSA) is 55.8 Å². The lowest BCUT2D eigenvalue weighted by molar-refractivity contribution is -0.164. The number of likely N-dealkylation sites (tertiary alicyclic amines) is 1. The molecule has 0 spiro atoms. The Morgan fingerprint density at radius 1 is 1.39 bits per heavy atom. The molecule has 0 saturated carbocycles. The van der Waals surface area contributed by atoms with Gasteiger partial charge in [-0.1, -0.05) is 25.4 Å². The Morgan fingerprint density at radius 2 is 1.94 bits per heavy atom. The van der Waals surface area contributed by atoms with Gasteiger partial charge < -0.3 is 9.47 Å². The zero-order chi connectivity index (χ0) is 14.1. The van der Waals surface area contributed by atoms with Gasteiger partial charge in [0.1, 0.15) is 11.6 Å². The van der Waals surface area contributed by atoms with Gasteiger partial charge in [-0.3, -0.25) is 4.90 Å². The van der Waals surface area contributed by atoms with E-state index in [1.807, 2.05) is 13.8 Å². The Morgan fingerprint density at radius 3 is 2.33 bits per heavy atom. The summed E-state index contributed by atoms with van der Waals surface area (Å²) in [7, 11) is 0. The first-order valence-electron chi connectivity index (χ1n) is 5.81. The van der Waals surface area contributed by atoms with Crippen molar-refractivity contribution in [2.45, 2.75) is 46.3 Å². The fraction of sp³-hybridized carbons (Fsp3) is 0.833. The molecule has 1 saturated heterocycles. The van der Waals surface area contributed by atoms with E-state index in [0.29, 0.717) is 6.54 Å². The number of hydrogen-bond acceptors (Lipinski definition) is 4. The molecule has 0 aliphatic carbocycles. The van der Waals surface area contributed by atoms with Crippen LogP contribution in [-0.4, -0.2) is 41.2 Å². The first-order valence-corrected chi connectivity index (χ1v) is 6.34. The molecule has 0 aromatic carbocycles. The molecule has 0 bridgehead atoms. The third-order valence-corrected chi connectivity index (χ3v) is 2.79. The largest absolute Gasteiger partial charge is 0.448 e. The average molecular weight is 278 g/mol. The number of rotatable bonds is 2. The van der Waals surface area contributed by atoms with E-state index in [9.17, 15) is 9.59 Å². The van der Waals surface area contributed by atoms with Crippen molar-refractivity contribution >= 4 is 23.7 Å². The molecular weight excluding hydrogens is 258 g/mol. The highest BCUT2D eigenvalue weighted by molar-refractivity contribution is 6.17. The van der Waals surface area contributed by atoms with Crippen LogP contribution in [0.4, 0.5) is 4.79 Å². The smallest absolute Gasteiger partial charge is 0.411 e. The van der Waals surface area contributed by atoms with Gasteiger partial charge in [0.15, 0.2) is 6.07 Å². The minimum atomic E-state index is -0.633. The summed E-state index contributed by atoms with van der Waals surface area (Å²) in [5, 5.41) is 0. The van der Waals surface area contributed by atoms with Crippen LogP contribution in [0.3, 0.4) is 0 Å². The van der Waals surface area contributed by atoms with Gasteiger partial charge in [-0.15, -0.1) is 0 Å². The van der Waals surface area contributed by atoms with Crippen LogP contribution in [-0.2, 0) is 14.3 Å². The molecule has 1 heterocycles. The van der Waals surface area contributed by atoms with Crippen molar-refractivity contribution in [2.24, 2.45) is 5.41 Å². The minimum absolute atomic E-state index is 0.215. The van der Waals surface area contributed by atoms with Crippen molar-refractivity contribution in [2.75, 3.05) is 12.6 Å². The van der Waals surface area contributed by atoms with E-state index in [1.54, 1.807) is 20.8 Å². The summed E-state index contributed by atoms with van der Waals surface area (Å²) in [5.41, 5.74) is -0.905. The first kappa shape index (κ1) is 15.1. The molecule has 1 aliphatic heterocycles. The number of alkyl halides is 1. The lowest BCUT2D eigenvalue weighted by Gasteiger charge is -2.51.